The molecule has 1 fully saturated rings. The first-order chi connectivity index (χ1) is 9.21. The number of alkyl carbamates (subject to hydrolysis) is 1. The summed E-state index contributed by atoms with van der Waals surface area (Å²) in [5.41, 5.74) is -2.42. The number of esters is 1. The Morgan fingerprint density at radius 2 is 2.05 bits per heavy atom. The molecule has 0 aromatic rings. The molecular weight excluding hydrogens is 264 g/mol. The van der Waals surface area contributed by atoms with E-state index in [1.165, 1.54) is 0 Å². The minimum absolute atomic E-state index is 0.129. The van der Waals surface area contributed by atoms with Crippen LogP contribution in [0.3, 0.4) is 0 Å². The fourth-order valence-corrected chi connectivity index (χ4v) is 1.92. The summed E-state index contributed by atoms with van der Waals surface area (Å²) >= 11 is 0. The first-order valence-corrected chi connectivity index (χ1v) is 6.68. The molecule has 1 saturated heterocycles. The molecular formula is C13H22N2O5. The first-order valence-electron chi connectivity index (χ1n) is 6.68. The van der Waals surface area contributed by atoms with Gasteiger partial charge in [0.1, 0.15) is 5.60 Å². The zero-order chi connectivity index (χ0) is 15.4. The molecule has 2 amide bonds. The fraction of sp³-hybridized carbons (Fsp3) is 0.769. The van der Waals surface area contributed by atoms with Gasteiger partial charge in [-0.3, -0.25) is 10.1 Å². The van der Waals surface area contributed by atoms with E-state index < -0.39 is 29.1 Å². The molecule has 1 heterocycles. The number of piperidine rings is 1. The molecule has 0 aliphatic carbocycles. The van der Waals surface area contributed by atoms with Gasteiger partial charge in [-0.05, 0) is 40.5 Å². The number of carbonyl (C=O) groups is 3. The smallest absolute Gasteiger partial charge is 0.408 e. The van der Waals surface area contributed by atoms with E-state index in [0.29, 0.717) is 13.0 Å². The van der Waals surface area contributed by atoms with E-state index in [1.54, 1.807) is 27.7 Å². The molecule has 0 unspecified atom stereocenters. The molecule has 0 spiro atoms. The minimum atomic E-state index is -1.70. The highest BCUT2D eigenvalue weighted by Crippen LogP contribution is 2.20. The summed E-state index contributed by atoms with van der Waals surface area (Å²) in [6.45, 7) is 7.33. The first kappa shape index (κ1) is 16.3. The maximum atomic E-state index is 12.1. The van der Waals surface area contributed by atoms with Crippen LogP contribution < -0.4 is 10.6 Å². The Labute approximate surface area is 118 Å². The van der Waals surface area contributed by atoms with Gasteiger partial charge in [0.05, 0.1) is 6.61 Å². The molecule has 114 valence electrons. The van der Waals surface area contributed by atoms with E-state index in [0.717, 1.165) is 0 Å². The summed E-state index contributed by atoms with van der Waals surface area (Å²) in [5, 5.41) is 4.95. The normalized spacial score (nSPS) is 22.7. The van der Waals surface area contributed by atoms with Crippen molar-refractivity contribution in [3.63, 3.8) is 0 Å². The summed E-state index contributed by atoms with van der Waals surface area (Å²) in [5.74, 6) is -1.32. The standard InChI is InChI=1S/C13H22N2O5/c1-5-19-10(17)13(7-6-8-14-9(13)16)15-11(18)20-12(2,3)4/h5-8H2,1-4H3,(H,14,16)(H,15,18)/t13-/m1/s1. The molecule has 20 heavy (non-hydrogen) atoms. The molecule has 2 N–H and O–H groups in total. The summed E-state index contributed by atoms with van der Waals surface area (Å²) in [6, 6.07) is 0. The van der Waals surface area contributed by atoms with Gasteiger partial charge in [0.2, 0.25) is 5.54 Å². The van der Waals surface area contributed by atoms with Crippen LogP contribution in [-0.4, -0.2) is 42.3 Å². The van der Waals surface area contributed by atoms with Crippen LogP contribution in [-0.2, 0) is 19.1 Å². The maximum absolute atomic E-state index is 12.1. The van der Waals surface area contributed by atoms with Crippen molar-refractivity contribution >= 4 is 18.0 Å². The quantitative estimate of drug-likeness (QED) is 0.589. The van der Waals surface area contributed by atoms with Crippen molar-refractivity contribution in [3.8, 4) is 0 Å². The third kappa shape index (κ3) is 3.85. The van der Waals surface area contributed by atoms with Gasteiger partial charge in [0.25, 0.3) is 5.91 Å². The van der Waals surface area contributed by atoms with Gasteiger partial charge >= 0.3 is 12.1 Å². The zero-order valence-electron chi connectivity index (χ0n) is 12.4. The Hall–Kier alpha value is -1.79. The van der Waals surface area contributed by atoms with Gasteiger partial charge in [-0.2, -0.15) is 0 Å². The predicted molar refractivity (Wildman–Crippen MR) is 71.0 cm³/mol. The highest BCUT2D eigenvalue weighted by atomic mass is 16.6. The molecule has 0 aromatic heterocycles. The predicted octanol–water partition coefficient (Wildman–Crippen LogP) is 0.723. The number of amides is 2. The lowest BCUT2D eigenvalue weighted by Gasteiger charge is -2.34. The van der Waals surface area contributed by atoms with Crippen molar-refractivity contribution in [1.82, 2.24) is 10.6 Å². The van der Waals surface area contributed by atoms with Crippen LogP contribution in [0.15, 0.2) is 0 Å². The third-order valence-corrected chi connectivity index (χ3v) is 2.74. The average molecular weight is 286 g/mol. The number of carbonyl (C=O) groups excluding carboxylic acids is 3. The van der Waals surface area contributed by atoms with Crippen LogP contribution in [0.1, 0.15) is 40.5 Å². The largest absolute Gasteiger partial charge is 0.464 e. The van der Waals surface area contributed by atoms with E-state index in [4.69, 9.17) is 9.47 Å². The van der Waals surface area contributed by atoms with Gasteiger partial charge in [-0.25, -0.2) is 9.59 Å². The molecule has 0 radical (unpaired) electrons. The van der Waals surface area contributed by atoms with Gasteiger partial charge in [0, 0.05) is 6.54 Å². The van der Waals surface area contributed by atoms with Crippen molar-refractivity contribution in [1.29, 1.82) is 0 Å². The van der Waals surface area contributed by atoms with Gasteiger partial charge in [0.15, 0.2) is 0 Å². The van der Waals surface area contributed by atoms with Crippen molar-refractivity contribution in [2.75, 3.05) is 13.2 Å². The molecule has 7 heteroatoms. The van der Waals surface area contributed by atoms with Crippen LogP contribution in [0, 0.1) is 0 Å². The lowest BCUT2D eigenvalue weighted by Crippen LogP contribution is -2.67. The van der Waals surface area contributed by atoms with Crippen molar-refractivity contribution in [3.05, 3.63) is 0 Å². The summed E-state index contributed by atoms with van der Waals surface area (Å²) in [7, 11) is 0. The van der Waals surface area contributed by atoms with E-state index >= 15 is 0 Å². The van der Waals surface area contributed by atoms with E-state index in [1.807, 2.05) is 0 Å². The lowest BCUT2D eigenvalue weighted by molar-refractivity contribution is -0.157. The van der Waals surface area contributed by atoms with Crippen LogP contribution in [0.2, 0.25) is 0 Å². The molecule has 0 bridgehead atoms. The Kier molecular flexibility index (Phi) is 4.97. The Balaban J connectivity index is 2.91. The maximum Gasteiger partial charge on any atom is 0.408 e. The summed E-state index contributed by atoms with van der Waals surface area (Å²) in [6.07, 6.45) is -0.0559. The second-order valence-electron chi connectivity index (χ2n) is 5.61. The molecule has 1 aliphatic rings. The molecule has 7 nitrogen and oxygen atoms in total. The number of rotatable bonds is 3. The zero-order valence-corrected chi connectivity index (χ0v) is 12.4. The molecule has 0 saturated carbocycles. The molecule has 1 rings (SSSR count). The SMILES string of the molecule is CCOC(=O)[C@@]1(NC(=O)OC(C)(C)C)CCCNC1=O. The van der Waals surface area contributed by atoms with Crippen LogP contribution in [0.4, 0.5) is 4.79 Å². The molecule has 1 aliphatic heterocycles. The number of hydrogen-bond donors (Lipinski definition) is 2. The van der Waals surface area contributed by atoms with Gasteiger partial charge in [-0.1, -0.05) is 0 Å². The lowest BCUT2D eigenvalue weighted by atomic mass is 9.89. The van der Waals surface area contributed by atoms with Crippen molar-refractivity contribution in [2.45, 2.75) is 51.7 Å². The second-order valence-corrected chi connectivity index (χ2v) is 5.61. The number of nitrogens with one attached hydrogen (secondary N) is 2. The average Bonchev–Trinajstić information content (AvgIpc) is 2.30. The Morgan fingerprint density at radius 3 is 2.55 bits per heavy atom. The van der Waals surface area contributed by atoms with Crippen molar-refractivity contribution < 1.29 is 23.9 Å². The van der Waals surface area contributed by atoms with Crippen molar-refractivity contribution in [2.24, 2.45) is 0 Å². The number of ether oxygens (including phenoxy) is 2. The third-order valence-electron chi connectivity index (χ3n) is 2.74. The number of hydrogen-bond acceptors (Lipinski definition) is 5. The Bertz CT molecular complexity index is 402. The van der Waals surface area contributed by atoms with E-state index in [9.17, 15) is 14.4 Å². The van der Waals surface area contributed by atoms with Crippen LogP contribution >= 0.6 is 0 Å². The fourth-order valence-electron chi connectivity index (χ4n) is 1.92. The van der Waals surface area contributed by atoms with E-state index in [2.05, 4.69) is 10.6 Å². The van der Waals surface area contributed by atoms with Crippen LogP contribution in [0.5, 0.6) is 0 Å². The molecule has 1 atom stereocenters. The summed E-state index contributed by atoms with van der Waals surface area (Å²) < 4.78 is 10.0. The van der Waals surface area contributed by atoms with Gasteiger partial charge in [-0.15, -0.1) is 0 Å². The minimum Gasteiger partial charge on any atom is -0.464 e. The second kappa shape index (κ2) is 6.11. The topological polar surface area (TPSA) is 93.7 Å². The highest BCUT2D eigenvalue weighted by Gasteiger charge is 2.50. The molecule has 0 aromatic carbocycles. The van der Waals surface area contributed by atoms with Crippen LogP contribution in [0.25, 0.3) is 0 Å². The highest BCUT2D eigenvalue weighted by molar-refractivity contribution is 6.10. The monoisotopic (exact) mass is 286 g/mol. The van der Waals surface area contributed by atoms with E-state index in [-0.39, 0.29) is 13.0 Å². The summed E-state index contributed by atoms with van der Waals surface area (Å²) in [4.78, 5) is 36.0. The van der Waals surface area contributed by atoms with Gasteiger partial charge < -0.3 is 14.8 Å². The Morgan fingerprint density at radius 1 is 1.40 bits per heavy atom.